The van der Waals surface area contributed by atoms with Gasteiger partial charge in [0.05, 0.1) is 17.7 Å². The van der Waals surface area contributed by atoms with Crippen molar-refractivity contribution in [1.82, 2.24) is 24.8 Å². The van der Waals surface area contributed by atoms with E-state index in [0.717, 1.165) is 37.3 Å². The van der Waals surface area contributed by atoms with E-state index in [1.54, 1.807) is 23.0 Å². The summed E-state index contributed by atoms with van der Waals surface area (Å²) >= 11 is 3.33. The molecule has 0 unspecified atom stereocenters. The Kier molecular flexibility index (Phi) is 4.47. The van der Waals surface area contributed by atoms with Crippen molar-refractivity contribution in [1.29, 1.82) is 0 Å². The second-order valence-electron chi connectivity index (χ2n) is 4.81. The van der Waals surface area contributed by atoms with Crippen LogP contribution >= 0.6 is 15.9 Å². The molecule has 0 saturated carbocycles. The van der Waals surface area contributed by atoms with Gasteiger partial charge < -0.3 is 10.1 Å². The number of carbonyl (C=O) groups is 1. The molecular weight excluding hydrogens is 338 g/mol. The predicted octanol–water partition coefficient (Wildman–Crippen LogP) is 0.554. The molecule has 3 rings (SSSR count). The van der Waals surface area contributed by atoms with E-state index in [1.807, 2.05) is 0 Å². The first-order valence-corrected chi connectivity index (χ1v) is 7.61. The van der Waals surface area contributed by atoms with Gasteiger partial charge in [-0.2, -0.15) is 5.10 Å². The maximum absolute atomic E-state index is 12.1. The van der Waals surface area contributed by atoms with E-state index in [2.05, 4.69) is 36.2 Å². The van der Waals surface area contributed by atoms with Gasteiger partial charge in [0.2, 0.25) is 0 Å². The third kappa shape index (κ3) is 3.58. The fraction of sp³-hybridized carbons (Fsp3) is 0.462. The standard InChI is InChI=1S/C13H16BrN5O2/c14-10-8-16-12-7-11(17-19(12)9-10)13(20)15-1-2-18-3-5-21-6-4-18/h7-9H,1-6H2,(H,15,20). The highest BCUT2D eigenvalue weighted by atomic mass is 79.9. The minimum atomic E-state index is -0.176. The average Bonchev–Trinajstić information content (AvgIpc) is 2.91. The van der Waals surface area contributed by atoms with Crippen LogP contribution in [-0.2, 0) is 4.74 Å². The van der Waals surface area contributed by atoms with Crippen LogP contribution in [0.5, 0.6) is 0 Å². The topological polar surface area (TPSA) is 71.8 Å². The molecule has 7 nitrogen and oxygen atoms in total. The summed E-state index contributed by atoms with van der Waals surface area (Å²) in [6.45, 7) is 4.79. The lowest BCUT2D eigenvalue weighted by molar-refractivity contribution is 0.0383. The number of fused-ring (bicyclic) bond motifs is 1. The highest BCUT2D eigenvalue weighted by molar-refractivity contribution is 9.10. The summed E-state index contributed by atoms with van der Waals surface area (Å²) in [5.74, 6) is -0.176. The Morgan fingerprint density at radius 3 is 3.05 bits per heavy atom. The summed E-state index contributed by atoms with van der Waals surface area (Å²) in [5.41, 5.74) is 1.03. The van der Waals surface area contributed by atoms with E-state index >= 15 is 0 Å². The average molecular weight is 354 g/mol. The van der Waals surface area contributed by atoms with Crippen LogP contribution in [0, 0.1) is 0 Å². The van der Waals surface area contributed by atoms with Crippen LogP contribution in [0.3, 0.4) is 0 Å². The molecule has 0 radical (unpaired) electrons. The largest absolute Gasteiger partial charge is 0.379 e. The summed E-state index contributed by atoms with van der Waals surface area (Å²) in [6.07, 6.45) is 3.45. The van der Waals surface area contributed by atoms with E-state index in [-0.39, 0.29) is 5.91 Å². The van der Waals surface area contributed by atoms with Crippen LogP contribution in [0.4, 0.5) is 0 Å². The molecule has 1 fully saturated rings. The lowest BCUT2D eigenvalue weighted by atomic mass is 10.3. The fourth-order valence-corrected chi connectivity index (χ4v) is 2.50. The highest BCUT2D eigenvalue weighted by Crippen LogP contribution is 2.10. The Balaban J connectivity index is 1.56. The van der Waals surface area contributed by atoms with E-state index in [9.17, 15) is 4.79 Å². The molecule has 21 heavy (non-hydrogen) atoms. The Labute approximate surface area is 130 Å². The van der Waals surface area contributed by atoms with Crippen molar-refractivity contribution < 1.29 is 9.53 Å². The third-order valence-electron chi connectivity index (χ3n) is 3.33. The van der Waals surface area contributed by atoms with E-state index in [1.165, 1.54) is 0 Å². The molecule has 0 atom stereocenters. The summed E-state index contributed by atoms with van der Waals surface area (Å²) < 4.78 is 7.69. The molecule has 8 heteroatoms. The van der Waals surface area contributed by atoms with Crippen molar-refractivity contribution in [2.45, 2.75) is 0 Å². The number of nitrogens with zero attached hydrogens (tertiary/aromatic N) is 4. The first-order valence-electron chi connectivity index (χ1n) is 6.81. The van der Waals surface area contributed by atoms with Crippen molar-refractivity contribution in [3.63, 3.8) is 0 Å². The summed E-state index contributed by atoms with van der Waals surface area (Å²) in [4.78, 5) is 18.5. The smallest absolute Gasteiger partial charge is 0.271 e. The van der Waals surface area contributed by atoms with Gasteiger partial charge in [0.15, 0.2) is 11.3 Å². The van der Waals surface area contributed by atoms with Crippen molar-refractivity contribution >= 4 is 27.5 Å². The molecule has 112 valence electrons. The summed E-state index contributed by atoms with van der Waals surface area (Å²) in [6, 6.07) is 1.68. The maximum atomic E-state index is 12.1. The SMILES string of the molecule is O=C(NCCN1CCOCC1)c1cc2ncc(Br)cn2n1. The van der Waals surface area contributed by atoms with Crippen LogP contribution in [0.25, 0.3) is 5.65 Å². The predicted molar refractivity (Wildman–Crippen MR) is 80.3 cm³/mol. The van der Waals surface area contributed by atoms with Gasteiger partial charge in [-0.25, -0.2) is 9.50 Å². The molecule has 1 N–H and O–H groups in total. The van der Waals surface area contributed by atoms with Crippen LogP contribution in [-0.4, -0.2) is 64.8 Å². The molecule has 0 bridgehead atoms. The van der Waals surface area contributed by atoms with E-state index < -0.39 is 0 Å². The third-order valence-corrected chi connectivity index (χ3v) is 3.74. The molecule has 0 aliphatic carbocycles. The van der Waals surface area contributed by atoms with Gasteiger partial charge in [-0.15, -0.1) is 0 Å². The number of morpholine rings is 1. The molecule has 2 aromatic rings. The number of hydrogen-bond acceptors (Lipinski definition) is 5. The van der Waals surface area contributed by atoms with Crippen molar-refractivity contribution in [2.24, 2.45) is 0 Å². The van der Waals surface area contributed by atoms with Crippen molar-refractivity contribution in [3.8, 4) is 0 Å². The number of aromatic nitrogens is 3. The molecule has 3 heterocycles. The fourth-order valence-electron chi connectivity index (χ4n) is 2.21. The Morgan fingerprint density at radius 1 is 1.43 bits per heavy atom. The van der Waals surface area contributed by atoms with Crippen LogP contribution < -0.4 is 5.32 Å². The van der Waals surface area contributed by atoms with Gasteiger partial charge in [0.1, 0.15) is 0 Å². The zero-order valence-electron chi connectivity index (χ0n) is 11.5. The van der Waals surface area contributed by atoms with Gasteiger partial charge in [0.25, 0.3) is 5.91 Å². The van der Waals surface area contributed by atoms with Crippen LogP contribution in [0.15, 0.2) is 22.9 Å². The van der Waals surface area contributed by atoms with Gasteiger partial charge >= 0.3 is 0 Å². The van der Waals surface area contributed by atoms with Gasteiger partial charge in [-0.3, -0.25) is 9.69 Å². The molecule has 0 aromatic carbocycles. The Bertz CT molecular complexity index is 639. The summed E-state index contributed by atoms with van der Waals surface area (Å²) in [5, 5.41) is 7.10. The van der Waals surface area contributed by atoms with Crippen molar-refractivity contribution in [2.75, 3.05) is 39.4 Å². The molecule has 2 aromatic heterocycles. The number of rotatable bonds is 4. The zero-order valence-corrected chi connectivity index (χ0v) is 13.0. The number of ether oxygens (including phenoxy) is 1. The Morgan fingerprint density at radius 2 is 2.24 bits per heavy atom. The monoisotopic (exact) mass is 353 g/mol. The zero-order chi connectivity index (χ0) is 14.7. The first kappa shape index (κ1) is 14.4. The van der Waals surface area contributed by atoms with Crippen LogP contribution in [0.1, 0.15) is 10.5 Å². The van der Waals surface area contributed by atoms with E-state index in [0.29, 0.717) is 17.9 Å². The molecule has 1 aliphatic heterocycles. The second-order valence-corrected chi connectivity index (χ2v) is 5.73. The quantitative estimate of drug-likeness (QED) is 0.869. The Hall–Kier alpha value is -1.51. The maximum Gasteiger partial charge on any atom is 0.271 e. The second kappa shape index (κ2) is 6.50. The number of halogens is 1. The number of nitrogens with one attached hydrogen (secondary N) is 1. The van der Waals surface area contributed by atoms with Gasteiger partial charge in [-0.05, 0) is 15.9 Å². The summed E-state index contributed by atoms with van der Waals surface area (Å²) in [7, 11) is 0. The lowest BCUT2D eigenvalue weighted by Crippen LogP contribution is -2.41. The molecule has 1 saturated heterocycles. The van der Waals surface area contributed by atoms with Gasteiger partial charge in [-0.1, -0.05) is 0 Å². The van der Waals surface area contributed by atoms with Crippen molar-refractivity contribution in [3.05, 3.63) is 28.6 Å². The molecule has 0 spiro atoms. The van der Waals surface area contributed by atoms with E-state index in [4.69, 9.17) is 4.74 Å². The van der Waals surface area contributed by atoms with Gasteiger partial charge in [0, 0.05) is 44.6 Å². The lowest BCUT2D eigenvalue weighted by Gasteiger charge is -2.26. The van der Waals surface area contributed by atoms with Crippen LogP contribution in [0.2, 0.25) is 0 Å². The number of hydrogen-bond donors (Lipinski definition) is 1. The minimum absolute atomic E-state index is 0.176. The molecule has 1 amide bonds. The molecular formula is C13H16BrN5O2. The normalized spacial score (nSPS) is 16.2. The number of amides is 1. The first-order chi connectivity index (χ1) is 10.2. The molecule has 1 aliphatic rings. The number of carbonyl (C=O) groups excluding carboxylic acids is 1. The minimum Gasteiger partial charge on any atom is -0.379 e. The highest BCUT2D eigenvalue weighted by Gasteiger charge is 2.13.